The van der Waals surface area contributed by atoms with E-state index in [-0.39, 0.29) is 11.9 Å². The highest BCUT2D eigenvalue weighted by Crippen LogP contribution is 2.36. The third-order valence-corrected chi connectivity index (χ3v) is 5.32. The van der Waals surface area contributed by atoms with Crippen molar-refractivity contribution in [2.24, 2.45) is 11.8 Å². The van der Waals surface area contributed by atoms with E-state index in [0.717, 1.165) is 19.3 Å². The number of hydrogen-bond acceptors (Lipinski definition) is 2. The van der Waals surface area contributed by atoms with Crippen molar-refractivity contribution in [1.82, 2.24) is 0 Å². The molecule has 0 heterocycles. The summed E-state index contributed by atoms with van der Waals surface area (Å²) in [5.74, 6) is 0.645. The maximum Gasteiger partial charge on any atom is 0.313 e. The van der Waals surface area contributed by atoms with Gasteiger partial charge in [-0.15, -0.1) is 0 Å². The molecule has 0 saturated heterocycles. The molecule has 0 aliphatic heterocycles. The molecule has 0 spiro atoms. The Kier molecular flexibility index (Phi) is 12.0. The highest BCUT2D eigenvalue weighted by atomic mass is 16.5. The lowest BCUT2D eigenvalue weighted by Crippen LogP contribution is -2.25. The number of unbranched alkanes of at least 4 members (excludes halogenated alkanes) is 5. The van der Waals surface area contributed by atoms with Gasteiger partial charge in [-0.3, -0.25) is 4.79 Å². The van der Waals surface area contributed by atoms with Crippen molar-refractivity contribution in [2.45, 2.75) is 104 Å². The molecule has 140 valence electrons. The first-order chi connectivity index (χ1) is 11.7. The fraction of sp³-hybridized carbons (Fsp3) is 0.864. The van der Waals surface area contributed by atoms with Gasteiger partial charge in [0, 0.05) is 0 Å². The second-order valence-electron chi connectivity index (χ2n) is 7.34. The van der Waals surface area contributed by atoms with Crippen LogP contribution in [0.3, 0.4) is 0 Å². The monoisotopic (exact) mass is 336 g/mol. The molecule has 0 radical (unpaired) electrons. The molecular formula is C22H40O2. The Labute approximate surface area is 150 Å². The van der Waals surface area contributed by atoms with Gasteiger partial charge in [-0.05, 0) is 44.9 Å². The minimum Gasteiger partial charge on any atom is -0.466 e. The van der Waals surface area contributed by atoms with Gasteiger partial charge in [0.1, 0.15) is 0 Å². The minimum atomic E-state index is 0.00805. The van der Waals surface area contributed by atoms with Gasteiger partial charge in [0.15, 0.2) is 0 Å². The van der Waals surface area contributed by atoms with Crippen LogP contribution in [-0.2, 0) is 9.53 Å². The minimum absolute atomic E-state index is 0.00805. The van der Waals surface area contributed by atoms with Crippen molar-refractivity contribution < 1.29 is 9.53 Å². The predicted octanol–water partition coefficient (Wildman–Crippen LogP) is 6.83. The topological polar surface area (TPSA) is 26.3 Å². The fourth-order valence-electron chi connectivity index (χ4n) is 4.00. The van der Waals surface area contributed by atoms with Crippen LogP contribution in [0.5, 0.6) is 0 Å². The van der Waals surface area contributed by atoms with Gasteiger partial charge in [-0.25, -0.2) is 0 Å². The summed E-state index contributed by atoms with van der Waals surface area (Å²) in [6.07, 6.45) is 18.7. The van der Waals surface area contributed by atoms with Gasteiger partial charge in [0.2, 0.25) is 0 Å². The Hall–Kier alpha value is -0.790. The average molecular weight is 337 g/mol. The first kappa shape index (κ1) is 21.3. The summed E-state index contributed by atoms with van der Waals surface area (Å²) in [4.78, 5) is 12.5. The predicted molar refractivity (Wildman–Crippen MR) is 103 cm³/mol. The molecule has 1 saturated carbocycles. The zero-order valence-corrected chi connectivity index (χ0v) is 16.4. The molecule has 0 aromatic carbocycles. The average Bonchev–Trinajstić information content (AvgIpc) is 2.60. The molecule has 24 heavy (non-hydrogen) atoms. The van der Waals surface area contributed by atoms with Crippen LogP contribution in [0, 0.1) is 11.8 Å². The molecule has 0 aromatic heterocycles. The molecule has 1 rings (SSSR count). The smallest absolute Gasteiger partial charge is 0.313 e. The summed E-state index contributed by atoms with van der Waals surface area (Å²) in [6.45, 7) is 6.85. The molecule has 2 nitrogen and oxygen atoms in total. The summed E-state index contributed by atoms with van der Waals surface area (Å²) in [6, 6.07) is 0. The maximum absolute atomic E-state index is 12.5. The highest BCUT2D eigenvalue weighted by molar-refractivity contribution is 5.76. The van der Waals surface area contributed by atoms with Crippen LogP contribution in [0.2, 0.25) is 0 Å². The largest absolute Gasteiger partial charge is 0.466 e. The van der Waals surface area contributed by atoms with E-state index in [0.29, 0.717) is 12.5 Å². The summed E-state index contributed by atoms with van der Waals surface area (Å²) >= 11 is 0. The van der Waals surface area contributed by atoms with Gasteiger partial charge in [0.05, 0.1) is 12.5 Å². The Bertz CT molecular complexity index is 353. The molecule has 0 aromatic rings. The van der Waals surface area contributed by atoms with Crippen molar-refractivity contribution >= 4 is 5.97 Å². The molecule has 0 bridgehead atoms. The molecule has 1 atom stereocenters. The third-order valence-electron chi connectivity index (χ3n) is 5.32. The van der Waals surface area contributed by atoms with Gasteiger partial charge >= 0.3 is 5.97 Å². The molecule has 0 N–H and O–H groups in total. The molecule has 1 aliphatic rings. The van der Waals surface area contributed by atoms with Gasteiger partial charge < -0.3 is 4.74 Å². The standard InChI is InChI=1S/C22H40O2/c1-4-7-8-9-10-14-18-20(19-16-12-11-13-17-19)21(15-5-2)22(23)24-6-3/h18-19,21H,4-17H2,1-3H3/b20-18-. The first-order valence-electron chi connectivity index (χ1n) is 10.6. The van der Waals surface area contributed by atoms with E-state index in [2.05, 4.69) is 19.9 Å². The van der Waals surface area contributed by atoms with Crippen LogP contribution in [-0.4, -0.2) is 12.6 Å². The molecule has 1 aliphatic carbocycles. The Morgan fingerprint density at radius 2 is 1.71 bits per heavy atom. The second kappa shape index (κ2) is 13.5. The van der Waals surface area contributed by atoms with Gasteiger partial charge in [-0.1, -0.05) is 76.9 Å². The third kappa shape index (κ3) is 7.85. The maximum atomic E-state index is 12.5. The van der Waals surface area contributed by atoms with Gasteiger partial charge in [-0.2, -0.15) is 0 Å². The van der Waals surface area contributed by atoms with Crippen molar-refractivity contribution in [3.8, 4) is 0 Å². The Balaban J connectivity index is 2.74. The highest BCUT2D eigenvalue weighted by Gasteiger charge is 2.29. The number of ether oxygens (including phenoxy) is 1. The second-order valence-corrected chi connectivity index (χ2v) is 7.34. The lowest BCUT2D eigenvalue weighted by atomic mass is 9.76. The normalized spacial score (nSPS) is 17.7. The quantitative estimate of drug-likeness (QED) is 0.222. The fourth-order valence-corrected chi connectivity index (χ4v) is 4.00. The molecular weight excluding hydrogens is 296 g/mol. The van der Waals surface area contributed by atoms with E-state index in [1.54, 1.807) is 0 Å². The summed E-state index contributed by atoms with van der Waals surface area (Å²) in [7, 11) is 0. The SMILES string of the molecule is CCCCCCC/C=C(/C1CCCCC1)C(CCC)C(=O)OCC. The van der Waals surface area contributed by atoms with Crippen molar-refractivity contribution in [3.63, 3.8) is 0 Å². The number of hydrogen-bond donors (Lipinski definition) is 0. The number of carbonyl (C=O) groups is 1. The Morgan fingerprint density at radius 1 is 1.00 bits per heavy atom. The van der Waals surface area contributed by atoms with Crippen LogP contribution in [0.4, 0.5) is 0 Å². The zero-order chi connectivity index (χ0) is 17.6. The van der Waals surface area contributed by atoms with Crippen LogP contribution >= 0.6 is 0 Å². The van der Waals surface area contributed by atoms with Crippen LogP contribution in [0.25, 0.3) is 0 Å². The van der Waals surface area contributed by atoms with Crippen molar-refractivity contribution in [3.05, 3.63) is 11.6 Å². The number of carbonyl (C=O) groups excluding carboxylic acids is 1. The number of allylic oxidation sites excluding steroid dienone is 1. The Morgan fingerprint density at radius 3 is 2.33 bits per heavy atom. The van der Waals surface area contributed by atoms with E-state index >= 15 is 0 Å². The number of rotatable bonds is 12. The number of esters is 1. The lowest BCUT2D eigenvalue weighted by Gasteiger charge is -2.29. The zero-order valence-electron chi connectivity index (χ0n) is 16.4. The first-order valence-corrected chi connectivity index (χ1v) is 10.6. The van der Waals surface area contributed by atoms with E-state index < -0.39 is 0 Å². The van der Waals surface area contributed by atoms with E-state index in [9.17, 15) is 4.79 Å². The summed E-state index contributed by atoms with van der Waals surface area (Å²) in [5.41, 5.74) is 1.42. The van der Waals surface area contributed by atoms with Crippen LogP contribution < -0.4 is 0 Å². The molecule has 1 fully saturated rings. The van der Waals surface area contributed by atoms with Gasteiger partial charge in [0.25, 0.3) is 0 Å². The lowest BCUT2D eigenvalue weighted by molar-refractivity contribution is -0.147. The van der Waals surface area contributed by atoms with Crippen molar-refractivity contribution in [2.75, 3.05) is 6.61 Å². The summed E-state index contributed by atoms with van der Waals surface area (Å²) in [5, 5.41) is 0. The van der Waals surface area contributed by atoms with Crippen LogP contribution in [0.1, 0.15) is 104 Å². The van der Waals surface area contributed by atoms with E-state index in [1.165, 1.54) is 69.8 Å². The van der Waals surface area contributed by atoms with E-state index in [4.69, 9.17) is 4.74 Å². The summed E-state index contributed by atoms with van der Waals surface area (Å²) < 4.78 is 5.41. The molecule has 0 amide bonds. The van der Waals surface area contributed by atoms with E-state index in [1.807, 2.05) is 6.92 Å². The molecule has 1 unspecified atom stereocenters. The molecule has 2 heteroatoms. The van der Waals surface area contributed by atoms with Crippen molar-refractivity contribution in [1.29, 1.82) is 0 Å². The van der Waals surface area contributed by atoms with Crippen LogP contribution in [0.15, 0.2) is 11.6 Å².